The topological polar surface area (TPSA) is 83.5 Å². The largest absolute Gasteiger partial charge is 0.489 e. The first-order chi connectivity index (χ1) is 16.4. The molecule has 0 aliphatic rings. The Labute approximate surface area is 202 Å². The number of nitrogens with zero attached hydrogens (tertiary/aromatic N) is 5. The van der Waals surface area contributed by atoms with Gasteiger partial charge in [0.15, 0.2) is 0 Å². The van der Waals surface area contributed by atoms with Gasteiger partial charge in [0.25, 0.3) is 0 Å². The minimum atomic E-state index is -0.321. The molecule has 0 fully saturated rings. The molecule has 0 N–H and O–H groups in total. The molecule has 0 spiro atoms. The van der Waals surface area contributed by atoms with Crippen LogP contribution < -0.4 is 10.4 Å². The van der Waals surface area contributed by atoms with Crippen LogP contribution in [0.5, 0.6) is 5.75 Å². The fraction of sp³-hybridized carbons (Fsp3) is 0.200. The first kappa shape index (κ1) is 23.3. The summed E-state index contributed by atoms with van der Waals surface area (Å²) >= 11 is 6.17. The van der Waals surface area contributed by atoms with E-state index in [1.165, 1.54) is 16.5 Å². The van der Waals surface area contributed by atoms with Crippen LogP contribution in [0.15, 0.2) is 70.6 Å². The Morgan fingerprint density at radius 3 is 2.44 bits per heavy atom. The van der Waals surface area contributed by atoms with Crippen molar-refractivity contribution in [3.8, 4) is 11.4 Å². The Bertz CT molecular complexity index is 1420. The van der Waals surface area contributed by atoms with E-state index in [-0.39, 0.29) is 12.3 Å². The number of hydrogen-bond acceptors (Lipinski definition) is 6. The molecule has 0 unspecified atom stereocenters. The second-order valence-electron chi connectivity index (χ2n) is 7.77. The number of ether oxygens (including phenoxy) is 1. The van der Waals surface area contributed by atoms with Crippen molar-refractivity contribution in [3.05, 3.63) is 104 Å². The lowest BCUT2D eigenvalue weighted by Gasteiger charge is -2.15. The van der Waals surface area contributed by atoms with E-state index in [1.54, 1.807) is 7.05 Å². The van der Waals surface area contributed by atoms with E-state index in [0.29, 0.717) is 22.2 Å². The molecule has 0 saturated heterocycles. The van der Waals surface area contributed by atoms with Gasteiger partial charge in [0.1, 0.15) is 25.2 Å². The van der Waals surface area contributed by atoms with Gasteiger partial charge in [-0.2, -0.15) is 9.36 Å². The lowest BCUT2D eigenvalue weighted by molar-refractivity contribution is 0.214. The van der Waals surface area contributed by atoms with Crippen molar-refractivity contribution >= 4 is 17.3 Å². The maximum Gasteiger partial charge on any atom is 0.368 e. The zero-order valence-corrected chi connectivity index (χ0v) is 20.1. The molecule has 9 heteroatoms. The Morgan fingerprint density at radius 2 is 1.76 bits per heavy atom. The molecule has 1 heterocycles. The van der Waals surface area contributed by atoms with Crippen LogP contribution in [0.3, 0.4) is 0 Å². The standard InChI is InChI=1S/C25H24ClN5O3/c1-16-7-5-10-22(31-25(32)30(3)28-29-31)21(16)15-34-23-12-11-19(13-17(23)2)24(27-33-4)18-8-6-9-20(26)14-18/h5-14H,15H2,1-4H3. The van der Waals surface area contributed by atoms with Crippen molar-refractivity contribution in [1.29, 1.82) is 0 Å². The lowest BCUT2D eigenvalue weighted by Crippen LogP contribution is -2.23. The molecule has 4 rings (SSSR count). The molecule has 0 bridgehead atoms. The van der Waals surface area contributed by atoms with E-state index < -0.39 is 0 Å². The number of rotatable bonds is 7. The first-order valence-corrected chi connectivity index (χ1v) is 11.0. The third-order valence-electron chi connectivity index (χ3n) is 5.44. The molecule has 0 aliphatic carbocycles. The molecule has 174 valence electrons. The second-order valence-corrected chi connectivity index (χ2v) is 8.21. The van der Waals surface area contributed by atoms with Crippen LogP contribution in [0.1, 0.15) is 27.8 Å². The van der Waals surface area contributed by atoms with Crippen molar-refractivity contribution in [2.24, 2.45) is 12.2 Å². The second kappa shape index (κ2) is 9.93. The fourth-order valence-corrected chi connectivity index (χ4v) is 3.84. The minimum absolute atomic E-state index is 0.262. The number of halogens is 1. The number of hydrogen-bond donors (Lipinski definition) is 0. The molecular weight excluding hydrogens is 454 g/mol. The van der Waals surface area contributed by atoms with Crippen molar-refractivity contribution in [2.45, 2.75) is 20.5 Å². The smallest absolute Gasteiger partial charge is 0.368 e. The van der Waals surface area contributed by atoms with Gasteiger partial charge in [-0.15, -0.1) is 0 Å². The molecule has 0 saturated carbocycles. The Kier molecular flexibility index (Phi) is 6.79. The van der Waals surface area contributed by atoms with Crippen LogP contribution in [0.2, 0.25) is 5.02 Å². The third-order valence-corrected chi connectivity index (χ3v) is 5.67. The highest BCUT2D eigenvalue weighted by atomic mass is 35.5. The monoisotopic (exact) mass is 477 g/mol. The van der Waals surface area contributed by atoms with Gasteiger partial charge in [-0.05, 0) is 71.8 Å². The van der Waals surface area contributed by atoms with E-state index in [1.807, 2.05) is 74.5 Å². The van der Waals surface area contributed by atoms with Crippen LogP contribution in [0, 0.1) is 13.8 Å². The summed E-state index contributed by atoms with van der Waals surface area (Å²) in [5.74, 6) is 0.715. The van der Waals surface area contributed by atoms with Gasteiger partial charge >= 0.3 is 5.69 Å². The van der Waals surface area contributed by atoms with E-state index in [9.17, 15) is 4.79 Å². The highest BCUT2D eigenvalue weighted by Gasteiger charge is 2.15. The van der Waals surface area contributed by atoms with Crippen LogP contribution in [-0.4, -0.2) is 32.6 Å². The molecular formula is C25H24ClN5O3. The number of benzene rings is 3. The molecule has 3 aromatic carbocycles. The SMILES string of the molecule is CON=C(c1cccc(Cl)c1)c1ccc(OCc2c(C)cccc2-n2nnn(C)c2=O)c(C)c1. The predicted octanol–water partition coefficient (Wildman–Crippen LogP) is 4.21. The average molecular weight is 478 g/mol. The zero-order valence-electron chi connectivity index (χ0n) is 19.3. The maximum atomic E-state index is 12.4. The van der Waals surface area contributed by atoms with Gasteiger partial charge in [-0.25, -0.2) is 4.79 Å². The zero-order chi connectivity index (χ0) is 24.2. The first-order valence-electron chi connectivity index (χ1n) is 10.6. The van der Waals surface area contributed by atoms with Gasteiger partial charge in [-0.1, -0.05) is 41.0 Å². The van der Waals surface area contributed by atoms with E-state index in [2.05, 4.69) is 15.6 Å². The predicted molar refractivity (Wildman–Crippen MR) is 131 cm³/mol. The Hall–Kier alpha value is -3.91. The van der Waals surface area contributed by atoms with Gasteiger partial charge in [0.2, 0.25) is 0 Å². The highest BCUT2D eigenvalue weighted by molar-refractivity contribution is 6.31. The summed E-state index contributed by atoms with van der Waals surface area (Å²) in [6.07, 6.45) is 0. The summed E-state index contributed by atoms with van der Waals surface area (Å²) in [5.41, 5.74) is 5.48. The molecule has 0 amide bonds. The molecule has 0 aliphatic heterocycles. The molecule has 1 aromatic heterocycles. The Morgan fingerprint density at radius 1 is 1.00 bits per heavy atom. The highest BCUT2D eigenvalue weighted by Crippen LogP contribution is 2.25. The van der Waals surface area contributed by atoms with Crippen LogP contribution >= 0.6 is 11.6 Å². The summed E-state index contributed by atoms with van der Waals surface area (Å²) in [5, 5.41) is 12.6. The van der Waals surface area contributed by atoms with Crippen molar-refractivity contribution in [1.82, 2.24) is 19.8 Å². The summed E-state index contributed by atoms with van der Waals surface area (Å²) < 4.78 is 8.64. The molecule has 0 radical (unpaired) electrons. The number of oxime groups is 1. The quantitative estimate of drug-likeness (QED) is 0.294. The van der Waals surface area contributed by atoms with Crippen molar-refractivity contribution in [2.75, 3.05) is 7.11 Å². The Balaban J connectivity index is 1.62. The lowest BCUT2D eigenvalue weighted by atomic mass is 10.0. The summed E-state index contributed by atoms with van der Waals surface area (Å²) in [7, 11) is 3.07. The molecule has 8 nitrogen and oxygen atoms in total. The van der Waals surface area contributed by atoms with E-state index in [4.69, 9.17) is 21.2 Å². The molecule has 4 aromatic rings. The van der Waals surface area contributed by atoms with E-state index >= 15 is 0 Å². The van der Waals surface area contributed by atoms with Gasteiger partial charge in [0, 0.05) is 28.8 Å². The van der Waals surface area contributed by atoms with Crippen molar-refractivity contribution < 1.29 is 9.57 Å². The van der Waals surface area contributed by atoms with Crippen molar-refractivity contribution in [3.63, 3.8) is 0 Å². The minimum Gasteiger partial charge on any atom is -0.489 e. The molecule has 34 heavy (non-hydrogen) atoms. The fourth-order valence-electron chi connectivity index (χ4n) is 3.65. The van der Waals surface area contributed by atoms with Crippen LogP contribution in [0.25, 0.3) is 5.69 Å². The third kappa shape index (κ3) is 4.72. The summed E-state index contributed by atoms with van der Waals surface area (Å²) in [4.78, 5) is 17.5. The summed E-state index contributed by atoms with van der Waals surface area (Å²) in [6, 6.07) is 18.9. The normalized spacial score (nSPS) is 11.5. The van der Waals surface area contributed by atoms with Crippen LogP contribution in [0.4, 0.5) is 0 Å². The number of aromatic nitrogens is 4. The number of aryl methyl sites for hydroxylation is 3. The van der Waals surface area contributed by atoms with Gasteiger partial charge < -0.3 is 9.57 Å². The van der Waals surface area contributed by atoms with Gasteiger partial charge in [-0.3, -0.25) is 0 Å². The average Bonchev–Trinajstić information content (AvgIpc) is 3.15. The van der Waals surface area contributed by atoms with Crippen LogP contribution in [-0.2, 0) is 18.5 Å². The maximum absolute atomic E-state index is 12.4. The summed E-state index contributed by atoms with van der Waals surface area (Å²) in [6.45, 7) is 4.20. The number of tetrazole rings is 1. The molecule has 0 atom stereocenters. The van der Waals surface area contributed by atoms with E-state index in [0.717, 1.165) is 27.8 Å². The van der Waals surface area contributed by atoms with Gasteiger partial charge in [0.05, 0.1) is 5.69 Å².